The largest absolute Gasteiger partial charge is 0.497 e. The number of likely N-dealkylation sites (tertiary alicyclic amines) is 1. The first-order valence-corrected chi connectivity index (χ1v) is 13.6. The van der Waals surface area contributed by atoms with Crippen LogP contribution in [-0.2, 0) is 16.1 Å². The highest BCUT2D eigenvalue weighted by Crippen LogP contribution is 2.32. The molecule has 0 unspecified atom stereocenters. The average molecular weight is 547 g/mol. The van der Waals surface area contributed by atoms with Crippen LogP contribution in [0.4, 0.5) is 0 Å². The monoisotopic (exact) mass is 546 g/mol. The predicted molar refractivity (Wildman–Crippen MR) is 148 cm³/mol. The van der Waals surface area contributed by atoms with Gasteiger partial charge in [0, 0.05) is 29.6 Å². The SMILES string of the molecule is CCOC(=O)C1CCN([C@H](c2cc3cc(OCC)ccc3[nH]c2=O)c2nnnn2Cc2ccc(OC)cc2)CC1. The van der Waals surface area contributed by atoms with E-state index in [9.17, 15) is 9.59 Å². The number of hydrogen-bond acceptors (Lipinski definition) is 9. The molecule has 0 saturated carbocycles. The molecule has 1 atom stereocenters. The minimum Gasteiger partial charge on any atom is -0.497 e. The molecular formula is C29H34N6O5. The Morgan fingerprint density at radius 2 is 1.80 bits per heavy atom. The number of hydrogen-bond donors (Lipinski definition) is 1. The molecule has 0 amide bonds. The molecular weight excluding hydrogens is 512 g/mol. The number of nitrogens with zero attached hydrogens (tertiary/aromatic N) is 5. The number of methoxy groups -OCH3 is 1. The highest BCUT2D eigenvalue weighted by Gasteiger charge is 2.35. The number of pyridine rings is 1. The van der Waals surface area contributed by atoms with Gasteiger partial charge in [-0.2, -0.15) is 0 Å². The van der Waals surface area contributed by atoms with E-state index in [2.05, 4.69) is 25.4 Å². The molecule has 1 N–H and O–H groups in total. The van der Waals surface area contributed by atoms with Crippen LogP contribution in [0.3, 0.4) is 0 Å². The number of benzene rings is 2. The first kappa shape index (κ1) is 27.3. The number of ether oxygens (including phenoxy) is 3. The van der Waals surface area contributed by atoms with Crippen LogP contribution in [0.2, 0.25) is 0 Å². The molecule has 1 saturated heterocycles. The molecule has 11 nitrogen and oxygen atoms in total. The van der Waals surface area contributed by atoms with Crippen molar-refractivity contribution in [2.75, 3.05) is 33.4 Å². The van der Waals surface area contributed by atoms with Gasteiger partial charge in [-0.15, -0.1) is 5.10 Å². The third-order valence-corrected chi connectivity index (χ3v) is 7.26. The third-order valence-electron chi connectivity index (χ3n) is 7.26. The van der Waals surface area contributed by atoms with E-state index in [1.807, 2.05) is 62.4 Å². The third kappa shape index (κ3) is 5.84. The van der Waals surface area contributed by atoms with Crippen molar-refractivity contribution in [1.29, 1.82) is 0 Å². The molecule has 2 aromatic carbocycles. The molecule has 0 bridgehead atoms. The topological polar surface area (TPSA) is 124 Å². The Balaban J connectivity index is 1.53. The zero-order valence-electron chi connectivity index (χ0n) is 23.0. The van der Waals surface area contributed by atoms with Gasteiger partial charge in [-0.05, 0) is 79.1 Å². The summed E-state index contributed by atoms with van der Waals surface area (Å²) in [6, 6.07) is 14.7. The van der Waals surface area contributed by atoms with Gasteiger partial charge in [-0.3, -0.25) is 14.5 Å². The first-order chi connectivity index (χ1) is 19.5. The smallest absolute Gasteiger partial charge is 0.309 e. The van der Waals surface area contributed by atoms with Gasteiger partial charge in [0.05, 0.1) is 32.8 Å². The number of piperidine rings is 1. The molecule has 40 heavy (non-hydrogen) atoms. The fourth-order valence-corrected chi connectivity index (χ4v) is 5.24. The van der Waals surface area contributed by atoms with Crippen LogP contribution in [0.1, 0.15) is 49.7 Å². The van der Waals surface area contributed by atoms with Gasteiger partial charge in [0.25, 0.3) is 5.56 Å². The van der Waals surface area contributed by atoms with E-state index in [4.69, 9.17) is 14.2 Å². The Morgan fingerprint density at radius 1 is 1.05 bits per heavy atom. The molecule has 1 aliphatic rings. The molecule has 0 aliphatic carbocycles. The number of aromatic amines is 1. The number of carbonyl (C=O) groups is 1. The van der Waals surface area contributed by atoms with E-state index in [0.717, 1.165) is 28.0 Å². The molecule has 1 fully saturated rings. The summed E-state index contributed by atoms with van der Waals surface area (Å²) in [6.07, 6.45) is 1.24. The van der Waals surface area contributed by atoms with E-state index in [1.165, 1.54) is 0 Å². The lowest BCUT2D eigenvalue weighted by molar-refractivity contribution is -0.149. The molecule has 2 aromatic heterocycles. The van der Waals surface area contributed by atoms with E-state index < -0.39 is 6.04 Å². The highest BCUT2D eigenvalue weighted by atomic mass is 16.5. The normalized spacial score (nSPS) is 15.2. The maximum atomic E-state index is 13.5. The summed E-state index contributed by atoms with van der Waals surface area (Å²) in [5, 5.41) is 13.5. The van der Waals surface area contributed by atoms with E-state index in [-0.39, 0.29) is 17.4 Å². The van der Waals surface area contributed by atoms with Gasteiger partial charge in [-0.1, -0.05) is 12.1 Å². The second-order valence-corrected chi connectivity index (χ2v) is 9.74. The summed E-state index contributed by atoms with van der Waals surface area (Å²) in [4.78, 5) is 31.2. The Labute approximate surface area is 232 Å². The second kappa shape index (κ2) is 12.3. The fourth-order valence-electron chi connectivity index (χ4n) is 5.24. The lowest BCUT2D eigenvalue weighted by atomic mass is 9.94. The quantitative estimate of drug-likeness (QED) is 0.298. The predicted octanol–water partition coefficient (Wildman–Crippen LogP) is 3.33. The number of tetrazole rings is 1. The van der Waals surface area contributed by atoms with E-state index in [0.29, 0.717) is 57.1 Å². The van der Waals surface area contributed by atoms with Crippen LogP contribution in [0.5, 0.6) is 11.5 Å². The molecule has 11 heteroatoms. The van der Waals surface area contributed by atoms with Crippen molar-refractivity contribution in [3.63, 3.8) is 0 Å². The Morgan fingerprint density at radius 3 is 2.50 bits per heavy atom. The zero-order chi connectivity index (χ0) is 28.1. The summed E-state index contributed by atoms with van der Waals surface area (Å²) >= 11 is 0. The van der Waals surface area contributed by atoms with Gasteiger partial charge < -0.3 is 19.2 Å². The minimum absolute atomic E-state index is 0.171. The molecule has 3 heterocycles. The Hall–Kier alpha value is -4.25. The Kier molecular flexibility index (Phi) is 8.40. The Bertz CT molecular complexity index is 1510. The number of rotatable bonds is 10. The second-order valence-electron chi connectivity index (χ2n) is 9.74. The van der Waals surface area contributed by atoms with Crippen LogP contribution in [0.25, 0.3) is 10.9 Å². The van der Waals surface area contributed by atoms with Crippen molar-refractivity contribution in [1.82, 2.24) is 30.1 Å². The van der Waals surface area contributed by atoms with Gasteiger partial charge in [0.1, 0.15) is 17.5 Å². The van der Waals surface area contributed by atoms with Crippen LogP contribution >= 0.6 is 0 Å². The number of esters is 1. The number of carbonyl (C=O) groups excluding carboxylic acids is 1. The zero-order valence-corrected chi connectivity index (χ0v) is 23.0. The maximum Gasteiger partial charge on any atom is 0.309 e. The summed E-state index contributed by atoms with van der Waals surface area (Å²) in [6.45, 7) is 6.23. The van der Waals surface area contributed by atoms with E-state index in [1.54, 1.807) is 11.8 Å². The lowest BCUT2D eigenvalue weighted by Gasteiger charge is -2.36. The van der Waals surface area contributed by atoms with Crippen molar-refractivity contribution in [2.24, 2.45) is 5.92 Å². The highest BCUT2D eigenvalue weighted by molar-refractivity contribution is 5.80. The molecule has 0 radical (unpaired) electrons. The van der Waals surface area contributed by atoms with Crippen LogP contribution in [0, 0.1) is 5.92 Å². The number of fused-ring (bicyclic) bond motifs is 1. The van der Waals surface area contributed by atoms with E-state index >= 15 is 0 Å². The number of H-pyrrole nitrogens is 1. The summed E-state index contributed by atoms with van der Waals surface area (Å²) in [7, 11) is 1.63. The molecule has 210 valence electrons. The summed E-state index contributed by atoms with van der Waals surface area (Å²) in [5.41, 5.74) is 2.02. The first-order valence-electron chi connectivity index (χ1n) is 13.6. The van der Waals surface area contributed by atoms with Crippen LogP contribution < -0.4 is 15.0 Å². The molecule has 1 aliphatic heterocycles. The van der Waals surface area contributed by atoms with Crippen molar-refractivity contribution >= 4 is 16.9 Å². The maximum absolute atomic E-state index is 13.5. The lowest BCUT2D eigenvalue weighted by Crippen LogP contribution is -2.42. The van der Waals surface area contributed by atoms with Crippen molar-refractivity contribution in [2.45, 2.75) is 39.3 Å². The van der Waals surface area contributed by atoms with Crippen molar-refractivity contribution in [3.05, 3.63) is 75.8 Å². The minimum atomic E-state index is -0.528. The van der Waals surface area contributed by atoms with Crippen LogP contribution in [0.15, 0.2) is 53.3 Å². The van der Waals surface area contributed by atoms with Crippen molar-refractivity contribution in [3.8, 4) is 11.5 Å². The van der Waals surface area contributed by atoms with Crippen LogP contribution in [-0.4, -0.2) is 69.5 Å². The molecule has 5 rings (SSSR count). The summed E-state index contributed by atoms with van der Waals surface area (Å²) < 4.78 is 18.0. The average Bonchev–Trinajstić information content (AvgIpc) is 3.42. The fraction of sp³-hybridized carbons (Fsp3) is 0.414. The standard InChI is InChI=1S/C29H34N6O5/c1-4-39-23-10-11-25-21(16-23)17-24(28(36)30-25)26(34-14-12-20(13-15-34)29(37)40-5-2)27-31-32-33-35(27)18-19-6-8-22(38-3)9-7-19/h6-11,16-17,20,26H,4-5,12-15,18H2,1-3H3,(H,30,36)/t26-/m1/s1. The number of nitrogens with one attached hydrogen (secondary N) is 1. The van der Waals surface area contributed by atoms with Gasteiger partial charge in [0.2, 0.25) is 0 Å². The van der Waals surface area contributed by atoms with Gasteiger partial charge in [0.15, 0.2) is 5.82 Å². The van der Waals surface area contributed by atoms with Gasteiger partial charge in [-0.25, -0.2) is 4.68 Å². The summed E-state index contributed by atoms with van der Waals surface area (Å²) in [5.74, 6) is 1.70. The van der Waals surface area contributed by atoms with Crippen molar-refractivity contribution < 1.29 is 19.0 Å². The molecule has 0 spiro atoms. The molecule has 4 aromatic rings. The van der Waals surface area contributed by atoms with Gasteiger partial charge >= 0.3 is 5.97 Å². The number of aromatic nitrogens is 5.